The van der Waals surface area contributed by atoms with E-state index in [9.17, 15) is 0 Å². The second kappa shape index (κ2) is 6.77. The first-order valence-electron chi connectivity index (χ1n) is 8.05. The maximum Gasteiger partial charge on any atom is 0.0483 e. The summed E-state index contributed by atoms with van der Waals surface area (Å²) in [6.45, 7) is 9.65. The molecule has 0 fully saturated rings. The van der Waals surface area contributed by atoms with Gasteiger partial charge in [0.2, 0.25) is 0 Å². The van der Waals surface area contributed by atoms with Crippen LogP contribution in [0.25, 0.3) is 0 Å². The molecule has 0 aliphatic heterocycles. The van der Waals surface area contributed by atoms with Crippen molar-refractivity contribution in [2.75, 3.05) is 13.2 Å². The minimum atomic E-state index is 0.204. The molecule has 0 bridgehead atoms. The van der Waals surface area contributed by atoms with E-state index >= 15 is 0 Å². The van der Waals surface area contributed by atoms with Crippen molar-refractivity contribution in [2.24, 2.45) is 11.1 Å². The fourth-order valence-electron chi connectivity index (χ4n) is 3.19. The van der Waals surface area contributed by atoms with Gasteiger partial charge in [-0.3, -0.25) is 0 Å². The van der Waals surface area contributed by atoms with Crippen LogP contribution in [0.2, 0.25) is 0 Å². The van der Waals surface area contributed by atoms with Crippen LogP contribution in [0.1, 0.15) is 63.8 Å². The molecule has 114 valence electrons. The van der Waals surface area contributed by atoms with Gasteiger partial charge in [-0.1, -0.05) is 27.2 Å². The summed E-state index contributed by atoms with van der Waals surface area (Å²) in [5, 5.41) is 0. The number of rotatable bonds is 7. The zero-order chi connectivity index (χ0) is 14.6. The molecule has 1 aromatic rings. The van der Waals surface area contributed by atoms with Gasteiger partial charge in [0, 0.05) is 37.7 Å². The lowest BCUT2D eigenvalue weighted by Crippen LogP contribution is -2.30. The minimum absolute atomic E-state index is 0.204. The highest BCUT2D eigenvalue weighted by molar-refractivity contribution is 5.30. The first-order chi connectivity index (χ1) is 9.53. The number of hydrogen-bond donors (Lipinski definition) is 1. The van der Waals surface area contributed by atoms with Gasteiger partial charge >= 0.3 is 0 Å². The number of aryl methyl sites for hydroxylation is 1. The molecule has 1 aliphatic rings. The van der Waals surface area contributed by atoms with Crippen molar-refractivity contribution in [2.45, 2.75) is 65.5 Å². The summed E-state index contributed by atoms with van der Waals surface area (Å²) >= 11 is 0. The Morgan fingerprint density at radius 2 is 2.10 bits per heavy atom. The summed E-state index contributed by atoms with van der Waals surface area (Å²) < 4.78 is 8.03. The molecule has 2 N–H and O–H groups in total. The van der Waals surface area contributed by atoms with Gasteiger partial charge < -0.3 is 15.0 Å². The highest BCUT2D eigenvalue weighted by Gasteiger charge is 2.32. The zero-order valence-corrected chi connectivity index (χ0v) is 13.3. The van der Waals surface area contributed by atoms with Crippen LogP contribution >= 0.6 is 0 Å². The lowest BCUT2D eigenvalue weighted by molar-refractivity contribution is 0.125. The number of ether oxygens (including phenoxy) is 1. The topological polar surface area (TPSA) is 40.2 Å². The Morgan fingerprint density at radius 1 is 1.35 bits per heavy atom. The number of unbranched alkanes of at least 4 members (excludes halogenated alkanes) is 1. The van der Waals surface area contributed by atoms with E-state index in [1.54, 1.807) is 0 Å². The van der Waals surface area contributed by atoms with Gasteiger partial charge in [0.05, 0.1) is 0 Å². The molecule has 20 heavy (non-hydrogen) atoms. The van der Waals surface area contributed by atoms with Crippen LogP contribution in [0.15, 0.2) is 12.3 Å². The van der Waals surface area contributed by atoms with Gasteiger partial charge in [-0.25, -0.2) is 0 Å². The number of nitrogens with two attached hydrogens (primary N) is 1. The Balaban J connectivity index is 1.88. The Bertz CT molecular complexity index is 423. The van der Waals surface area contributed by atoms with E-state index in [0.717, 1.165) is 39.0 Å². The lowest BCUT2D eigenvalue weighted by Gasteiger charge is -2.34. The molecule has 2 rings (SSSR count). The Labute approximate surface area is 123 Å². The molecule has 0 spiro atoms. The van der Waals surface area contributed by atoms with Crippen LogP contribution in [0.5, 0.6) is 0 Å². The van der Waals surface area contributed by atoms with Crippen LogP contribution in [-0.4, -0.2) is 17.8 Å². The Hall–Kier alpha value is -0.800. The third kappa shape index (κ3) is 3.86. The minimum Gasteiger partial charge on any atom is -0.381 e. The fourth-order valence-corrected chi connectivity index (χ4v) is 3.19. The summed E-state index contributed by atoms with van der Waals surface area (Å²) in [7, 11) is 0. The molecule has 0 saturated carbocycles. The predicted octanol–water partition coefficient (Wildman–Crippen LogP) is 3.67. The zero-order valence-electron chi connectivity index (χ0n) is 13.3. The van der Waals surface area contributed by atoms with Crippen molar-refractivity contribution >= 4 is 0 Å². The van der Waals surface area contributed by atoms with Crippen LogP contribution in [0.3, 0.4) is 0 Å². The largest absolute Gasteiger partial charge is 0.381 e. The van der Waals surface area contributed by atoms with Crippen molar-refractivity contribution in [1.82, 2.24) is 4.57 Å². The molecular formula is C17H30N2O. The van der Waals surface area contributed by atoms with E-state index in [0.29, 0.717) is 5.41 Å². The number of fused-ring (bicyclic) bond motifs is 1. The van der Waals surface area contributed by atoms with Gasteiger partial charge in [0.15, 0.2) is 0 Å². The molecule has 1 unspecified atom stereocenters. The van der Waals surface area contributed by atoms with Gasteiger partial charge in [-0.2, -0.15) is 0 Å². The van der Waals surface area contributed by atoms with E-state index in [2.05, 4.69) is 37.6 Å². The molecule has 0 amide bonds. The van der Waals surface area contributed by atoms with Crippen LogP contribution in [0, 0.1) is 5.41 Å². The predicted molar refractivity (Wildman–Crippen MR) is 83.8 cm³/mol. The first kappa shape index (κ1) is 15.6. The highest BCUT2D eigenvalue weighted by atomic mass is 16.5. The summed E-state index contributed by atoms with van der Waals surface area (Å²) in [6, 6.07) is 2.42. The van der Waals surface area contributed by atoms with Crippen LogP contribution in [0.4, 0.5) is 0 Å². The normalized spacial score (nSPS) is 20.9. The third-order valence-corrected chi connectivity index (χ3v) is 4.26. The van der Waals surface area contributed by atoms with Crippen LogP contribution in [-0.2, 0) is 17.7 Å². The maximum absolute atomic E-state index is 6.31. The molecule has 1 aliphatic carbocycles. The van der Waals surface area contributed by atoms with Gasteiger partial charge in [-0.05, 0) is 42.7 Å². The molecule has 1 heterocycles. The quantitative estimate of drug-likeness (QED) is 0.773. The van der Waals surface area contributed by atoms with Gasteiger partial charge in [0.25, 0.3) is 0 Å². The maximum atomic E-state index is 6.31. The van der Waals surface area contributed by atoms with E-state index in [1.807, 2.05) is 0 Å². The Kier molecular flexibility index (Phi) is 5.28. The lowest BCUT2D eigenvalue weighted by atomic mass is 9.74. The molecule has 0 radical (unpaired) electrons. The van der Waals surface area contributed by atoms with Crippen molar-refractivity contribution in [3.63, 3.8) is 0 Å². The van der Waals surface area contributed by atoms with Crippen molar-refractivity contribution in [3.05, 3.63) is 23.5 Å². The van der Waals surface area contributed by atoms with Crippen molar-refractivity contribution < 1.29 is 4.74 Å². The standard InChI is InChI=1S/C17H30N2O/c1-4-5-10-20-11-6-8-19-9-7-14-15(18)12-17(2,3)13-16(14)19/h7,9,15H,4-6,8,10-13,18H2,1-3H3. The van der Waals surface area contributed by atoms with Gasteiger partial charge in [-0.15, -0.1) is 0 Å². The first-order valence-corrected chi connectivity index (χ1v) is 8.05. The molecule has 3 heteroatoms. The van der Waals surface area contributed by atoms with Crippen molar-refractivity contribution in [3.8, 4) is 0 Å². The average molecular weight is 278 g/mol. The van der Waals surface area contributed by atoms with E-state index in [4.69, 9.17) is 10.5 Å². The van der Waals surface area contributed by atoms with Gasteiger partial charge in [0.1, 0.15) is 0 Å². The Morgan fingerprint density at radius 3 is 2.85 bits per heavy atom. The number of aromatic nitrogens is 1. The SMILES string of the molecule is CCCCOCCCn1ccc2c1CC(C)(C)CC2N. The van der Waals surface area contributed by atoms with E-state index in [-0.39, 0.29) is 6.04 Å². The van der Waals surface area contributed by atoms with Crippen molar-refractivity contribution in [1.29, 1.82) is 0 Å². The van der Waals surface area contributed by atoms with E-state index < -0.39 is 0 Å². The highest BCUT2D eigenvalue weighted by Crippen LogP contribution is 2.39. The summed E-state index contributed by atoms with van der Waals surface area (Å²) in [5.74, 6) is 0. The molecule has 1 aromatic heterocycles. The number of hydrogen-bond acceptors (Lipinski definition) is 2. The van der Waals surface area contributed by atoms with E-state index in [1.165, 1.54) is 24.1 Å². The summed E-state index contributed by atoms with van der Waals surface area (Å²) in [6.07, 6.45) is 7.89. The monoisotopic (exact) mass is 278 g/mol. The molecule has 0 aromatic carbocycles. The van der Waals surface area contributed by atoms with Crippen LogP contribution < -0.4 is 5.73 Å². The molecular weight excluding hydrogens is 248 g/mol. The third-order valence-electron chi connectivity index (χ3n) is 4.26. The summed E-state index contributed by atoms with van der Waals surface area (Å²) in [5.41, 5.74) is 9.43. The number of nitrogens with zero attached hydrogens (tertiary/aromatic N) is 1. The molecule has 0 saturated heterocycles. The average Bonchev–Trinajstić information content (AvgIpc) is 2.75. The fraction of sp³-hybridized carbons (Fsp3) is 0.765. The smallest absolute Gasteiger partial charge is 0.0483 e. The second-order valence-corrected chi connectivity index (χ2v) is 6.88. The summed E-state index contributed by atoms with van der Waals surface area (Å²) in [4.78, 5) is 0. The molecule has 1 atom stereocenters. The second-order valence-electron chi connectivity index (χ2n) is 6.88. The molecule has 3 nitrogen and oxygen atoms in total.